The maximum Gasteiger partial charge on any atom is 0.176 e. The molecule has 1 aromatic heterocycles. The van der Waals surface area contributed by atoms with Crippen LogP contribution >= 0.6 is 0 Å². The fourth-order valence-electron chi connectivity index (χ4n) is 14.1. The molecular weight excluding hydrogens is 554 g/mol. The Morgan fingerprint density at radius 3 is 2.44 bits per heavy atom. The van der Waals surface area contributed by atoms with Crippen molar-refractivity contribution in [2.75, 3.05) is 13.7 Å². The zero-order valence-electron chi connectivity index (χ0n) is 29.8. The number of rotatable bonds is 4. The van der Waals surface area contributed by atoms with E-state index in [1.807, 2.05) is 0 Å². The largest absolute Gasteiger partial charge is 0.496 e. The van der Waals surface area contributed by atoms with Gasteiger partial charge in [-0.2, -0.15) is 0 Å². The monoisotopic (exact) mass is 614 g/mol. The number of aromatic nitrogens is 3. The van der Waals surface area contributed by atoms with Crippen molar-refractivity contribution >= 4 is 0 Å². The molecule has 1 aromatic carbocycles. The summed E-state index contributed by atoms with van der Waals surface area (Å²) in [5.41, 5.74) is 6.13. The summed E-state index contributed by atoms with van der Waals surface area (Å²) in [7, 11) is 3.99. The molecule has 1 saturated heterocycles. The standard InChI is InChI=1S/C40H60N3O2/c1-35(2)19-21-40-22-20-38(6)27(32(40)34(35)45-25-40)14-15-31-37(5)24-28-33(36(3,4)30(37)16-18-39(31,38)7)43(41-42(28)8)23-17-26-12-10-11-13-29(26)44-9/h10-13,27,30-32,34H,14-25H2,1-9H3/q+1/t27-,30+,31-,32+,34-,37+,38-,39-,40-/m1/s1. The highest BCUT2D eigenvalue weighted by molar-refractivity contribution is 5.33. The van der Waals surface area contributed by atoms with Crippen molar-refractivity contribution in [2.45, 2.75) is 131 Å². The zero-order valence-corrected chi connectivity index (χ0v) is 29.8. The molecule has 246 valence electrons. The average molecular weight is 615 g/mol. The fourth-order valence-corrected chi connectivity index (χ4v) is 14.1. The van der Waals surface area contributed by atoms with Gasteiger partial charge >= 0.3 is 0 Å². The molecule has 2 aromatic rings. The van der Waals surface area contributed by atoms with Crippen LogP contribution in [-0.2, 0) is 36.6 Å². The summed E-state index contributed by atoms with van der Waals surface area (Å²) in [5.74, 6) is 3.96. The minimum absolute atomic E-state index is 0.0768. The van der Waals surface area contributed by atoms with Gasteiger partial charge in [0.1, 0.15) is 19.3 Å². The average Bonchev–Trinajstić information content (AvgIpc) is 3.50. The van der Waals surface area contributed by atoms with Gasteiger partial charge in [-0.3, -0.25) is 0 Å². The Bertz CT molecular complexity index is 1510. The van der Waals surface area contributed by atoms with E-state index in [1.54, 1.807) is 7.11 Å². The van der Waals surface area contributed by atoms with Crippen LogP contribution in [0.3, 0.4) is 0 Å². The smallest absolute Gasteiger partial charge is 0.176 e. The van der Waals surface area contributed by atoms with Crippen molar-refractivity contribution in [3.8, 4) is 5.75 Å². The van der Waals surface area contributed by atoms with Crippen LogP contribution in [-0.4, -0.2) is 29.7 Å². The molecule has 5 aliphatic carbocycles. The van der Waals surface area contributed by atoms with Crippen molar-refractivity contribution in [2.24, 2.45) is 57.8 Å². The molecule has 0 unspecified atom stereocenters. The third kappa shape index (κ3) is 3.83. The van der Waals surface area contributed by atoms with E-state index in [1.165, 1.54) is 68.3 Å². The van der Waals surface area contributed by atoms with Crippen molar-refractivity contribution in [3.63, 3.8) is 0 Å². The summed E-state index contributed by atoms with van der Waals surface area (Å²) in [4.78, 5) is 0. The molecule has 4 saturated carbocycles. The number of para-hydroxylation sites is 1. The molecule has 6 aliphatic rings. The van der Waals surface area contributed by atoms with Gasteiger partial charge < -0.3 is 9.47 Å². The third-order valence-corrected chi connectivity index (χ3v) is 16.4. The molecule has 2 heterocycles. The molecule has 1 aliphatic heterocycles. The number of fused-ring (bicyclic) bond motifs is 6. The second-order valence-electron chi connectivity index (χ2n) is 18.8. The Morgan fingerprint density at radius 2 is 1.67 bits per heavy atom. The van der Waals surface area contributed by atoms with Gasteiger partial charge in [0.25, 0.3) is 0 Å². The van der Waals surface area contributed by atoms with Gasteiger partial charge in [0.2, 0.25) is 0 Å². The number of hydrogen-bond donors (Lipinski definition) is 0. The molecule has 8 rings (SSSR count). The summed E-state index contributed by atoms with van der Waals surface area (Å²) < 4.78 is 17.1. The van der Waals surface area contributed by atoms with Gasteiger partial charge in [0, 0.05) is 18.3 Å². The molecule has 5 nitrogen and oxygen atoms in total. The molecule has 5 heteroatoms. The van der Waals surface area contributed by atoms with Gasteiger partial charge in [0.15, 0.2) is 11.4 Å². The zero-order chi connectivity index (χ0) is 31.8. The summed E-state index contributed by atoms with van der Waals surface area (Å²) in [6.45, 7) is 20.3. The van der Waals surface area contributed by atoms with Gasteiger partial charge in [-0.15, -0.1) is 9.36 Å². The van der Waals surface area contributed by atoms with Crippen LogP contribution in [0.15, 0.2) is 24.3 Å². The highest BCUT2D eigenvalue weighted by Crippen LogP contribution is 2.77. The lowest BCUT2D eigenvalue weighted by molar-refractivity contribution is -0.764. The first-order valence-corrected chi connectivity index (χ1v) is 18.4. The minimum Gasteiger partial charge on any atom is -0.496 e. The predicted octanol–water partition coefficient (Wildman–Crippen LogP) is 7.86. The Morgan fingerprint density at radius 1 is 0.911 bits per heavy atom. The molecule has 0 spiro atoms. The Kier molecular flexibility index (Phi) is 6.50. The van der Waals surface area contributed by atoms with E-state index in [-0.39, 0.29) is 10.8 Å². The topological polar surface area (TPSA) is 40.2 Å². The lowest BCUT2D eigenvalue weighted by Gasteiger charge is -2.72. The van der Waals surface area contributed by atoms with Gasteiger partial charge in [-0.1, -0.05) is 66.7 Å². The number of benzene rings is 1. The molecule has 45 heavy (non-hydrogen) atoms. The van der Waals surface area contributed by atoms with Crippen molar-refractivity contribution in [3.05, 3.63) is 41.2 Å². The van der Waals surface area contributed by atoms with E-state index in [9.17, 15) is 0 Å². The highest BCUT2D eigenvalue weighted by Gasteiger charge is 2.73. The molecular formula is C40H60N3O2+. The van der Waals surface area contributed by atoms with Gasteiger partial charge in [0.05, 0.1) is 25.0 Å². The van der Waals surface area contributed by atoms with E-state index < -0.39 is 0 Å². The maximum atomic E-state index is 6.82. The second-order valence-corrected chi connectivity index (χ2v) is 18.8. The van der Waals surface area contributed by atoms with E-state index in [2.05, 4.69) is 89.1 Å². The van der Waals surface area contributed by atoms with Crippen LogP contribution in [0.4, 0.5) is 0 Å². The Hall–Kier alpha value is -1.88. The SMILES string of the molecule is COc1ccccc1CC[n+]1nn(C)c2c1C(C)(C)[C@@H]1CC[C@]3(C)[C@H](CC[C@@H]4[C@H]5[C@H]6OC[C@@]5(CCC6(C)C)CC[C@]43C)[C@@]1(C)C2. The molecule has 0 amide bonds. The maximum absolute atomic E-state index is 6.82. The summed E-state index contributed by atoms with van der Waals surface area (Å²) in [6.07, 6.45) is 13.6. The first-order chi connectivity index (χ1) is 21.2. The normalized spacial score (nSPS) is 43.8. The molecule has 5 fully saturated rings. The van der Waals surface area contributed by atoms with Crippen LogP contribution in [0.5, 0.6) is 5.75 Å². The number of ether oxygens (including phenoxy) is 2. The number of methoxy groups -OCH3 is 1. The van der Waals surface area contributed by atoms with Crippen LogP contribution < -0.4 is 9.42 Å². The van der Waals surface area contributed by atoms with Crippen LogP contribution in [0, 0.1) is 50.7 Å². The summed E-state index contributed by atoms with van der Waals surface area (Å²) in [5, 5.41) is 5.21. The van der Waals surface area contributed by atoms with Gasteiger partial charge in [-0.05, 0) is 114 Å². The predicted molar refractivity (Wildman–Crippen MR) is 178 cm³/mol. The number of aryl methyl sites for hydroxylation is 3. The lowest BCUT2D eigenvalue weighted by Crippen LogP contribution is -2.68. The third-order valence-electron chi connectivity index (χ3n) is 16.4. The van der Waals surface area contributed by atoms with Crippen molar-refractivity contribution < 1.29 is 14.2 Å². The minimum atomic E-state index is 0.0768. The van der Waals surface area contributed by atoms with E-state index in [4.69, 9.17) is 14.7 Å². The first kappa shape index (κ1) is 30.5. The first-order valence-electron chi connectivity index (χ1n) is 18.4. The highest BCUT2D eigenvalue weighted by atomic mass is 16.5. The lowest BCUT2D eigenvalue weighted by atomic mass is 9.31. The van der Waals surface area contributed by atoms with E-state index in [0.29, 0.717) is 33.7 Å². The van der Waals surface area contributed by atoms with Crippen molar-refractivity contribution in [1.29, 1.82) is 0 Å². The molecule has 9 atom stereocenters. The summed E-state index contributed by atoms with van der Waals surface area (Å²) in [6, 6.07) is 8.47. The van der Waals surface area contributed by atoms with Crippen molar-refractivity contribution in [1.82, 2.24) is 9.90 Å². The molecule has 0 N–H and O–H groups in total. The Balaban J connectivity index is 1.13. The quantitative estimate of drug-likeness (QED) is 0.329. The van der Waals surface area contributed by atoms with Crippen LogP contribution in [0.2, 0.25) is 0 Å². The second kappa shape index (κ2) is 9.60. The summed E-state index contributed by atoms with van der Waals surface area (Å²) >= 11 is 0. The fraction of sp³-hybridized carbons (Fsp3) is 0.800. The van der Waals surface area contributed by atoms with Crippen LogP contribution in [0.1, 0.15) is 117 Å². The number of nitrogens with zero attached hydrogens (tertiary/aromatic N) is 3. The number of hydrogen-bond acceptors (Lipinski definition) is 3. The Labute approximate surface area is 272 Å². The van der Waals surface area contributed by atoms with E-state index in [0.717, 1.165) is 49.5 Å². The molecule has 2 bridgehead atoms. The van der Waals surface area contributed by atoms with Crippen LogP contribution in [0.25, 0.3) is 0 Å². The van der Waals surface area contributed by atoms with Gasteiger partial charge in [-0.25, -0.2) is 0 Å². The van der Waals surface area contributed by atoms with E-state index >= 15 is 0 Å². The molecule has 0 radical (unpaired) electrons.